The molecular weight excluding hydrogens is 506 g/mol. The van der Waals surface area contributed by atoms with Crippen LogP contribution in [0.2, 0.25) is 0 Å². The fraction of sp³-hybridized carbons (Fsp3) is 0.308. The number of nitrogens with one attached hydrogen (secondary N) is 1. The molecule has 2 N–H and O–H groups in total. The third kappa shape index (κ3) is 5.49. The number of nitrogens with zero attached hydrogens (tertiary/aromatic N) is 6. The van der Waals surface area contributed by atoms with Crippen molar-refractivity contribution in [2.75, 3.05) is 38.5 Å². The van der Waals surface area contributed by atoms with Gasteiger partial charge in [-0.1, -0.05) is 6.07 Å². The van der Waals surface area contributed by atoms with E-state index in [1.54, 1.807) is 37.7 Å². The van der Waals surface area contributed by atoms with Gasteiger partial charge in [0.05, 0.1) is 43.1 Å². The van der Waals surface area contributed by atoms with E-state index in [9.17, 15) is 9.90 Å². The predicted molar refractivity (Wildman–Crippen MR) is 146 cm³/mol. The van der Waals surface area contributed by atoms with Crippen LogP contribution in [0.3, 0.4) is 0 Å². The van der Waals surface area contributed by atoms with Crippen molar-refractivity contribution in [3.8, 4) is 33.9 Å². The molecule has 0 bridgehead atoms. The number of aliphatic carboxylic acids is 1. The largest absolute Gasteiger partial charge is 0.496 e. The average molecular weight is 536 g/mol. The van der Waals surface area contributed by atoms with E-state index in [1.165, 1.54) is 11.5 Å². The van der Waals surface area contributed by atoms with Crippen LogP contribution in [-0.4, -0.2) is 69.7 Å². The van der Waals surface area contributed by atoms with Gasteiger partial charge in [0, 0.05) is 48.9 Å². The first-order valence-corrected chi connectivity index (χ1v) is 12.5. The number of hydrogen-bond acceptors (Lipinski definition) is 11. The molecule has 0 amide bonds. The number of aromatic nitrogens is 5. The molecule has 0 aliphatic carbocycles. The zero-order valence-electron chi connectivity index (χ0n) is 22.0. The number of anilines is 2. The summed E-state index contributed by atoms with van der Waals surface area (Å²) in [5.74, 6) is 1.01. The topological polar surface area (TPSA) is 135 Å². The number of aryl methyl sites for hydroxylation is 2. The monoisotopic (exact) mass is 535 g/mol. The zero-order chi connectivity index (χ0) is 27.4. The lowest BCUT2D eigenvalue weighted by atomic mass is 10.1. The molecular formula is C26H29N7O4S. The third-order valence-corrected chi connectivity index (χ3v) is 6.73. The summed E-state index contributed by atoms with van der Waals surface area (Å²) in [6.07, 6.45) is 4.91. The minimum atomic E-state index is -1.05. The van der Waals surface area contributed by atoms with Crippen LogP contribution in [0.5, 0.6) is 11.5 Å². The maximum absolute atomic E-state index is 12.3. The summed E-state index contributed by atoms with van der Waals surface area (Å²) in [6.45, 7) is 3.87. The summed E-state index contributed by atoms with van der Waals surface area (Å²) >= 11 is 1.38. The lowest BCUT2D eigenvalue weighted by Crippen LogP contribution is -2.33. The van der Waals surface area contributed by atoms with E-state index in [-0.39, 0.29) is 6.42 Å². The SMILES string of the molecule is COc1cccc(OC)c1-c1cnc(CC(Nc2nc(N(C)C)ncc2-c2c(C)nsc2C)C(=O)O)cn1. The number of ether oxygens (including phenoxy) is 2. The van der Waals surface area contributed by atoms with Crippen molar-refractivity contribution in [1.29, 1.82) is 0 Å². The first kappa shape index (κ1) is 26.7. The highest BCUT2D eigenvalue weighted by atomic mass is 32.1. The molecule has 4 aromatic rings. The number of benzene rings is 1. The second-order valence-electron chi connectivity index (χ2n) is 8.70. The Bertz CT molecular complexity index is 1400. The maximum atomic E-state index is 12.3. The molecule has 1 unspecified atom stereocenters. The molecule has 38 heavy (non-hydrogen) atoms. The van der Waals surface area contributed by atoms with E-state index in [4.69, 9.17) is 9.47 Å². The molecule has 1 atom stereocenters. The molecule has 4 rings (SSSR count). The van der Waals surface area contributed by atoms with E-state index < -0.39 is 12.0 Å². The highest BCUT2D eigenvalue weighted by Gasteiger charge is 2.24. The molecule has 1 aromatic carbocycles. The van der Waals surface area contributed by atoms with Gasteiger partial charge in [0.2, 0.25) is 5.95 Å². The lowest BCUT2D eigenvalue weighted by molar-refractivity contribution is -0.137. The number of hydrogen-bond donors (Lipinski definition) is 2. The molecule has 0 aliphatic heterocycles. The summed E-state index contributed by atoms with van der Waals surface area (Å²) in [4.78, 5) is 33.1. The number of carbonyl (C=O) groups is 1. The van der Waals surface area contributed by atoms with Crippen LogP contribution in [0.1, 0.15) is 16.3 Å². The Balaban J connectivity index is 1.65. The van der Waals surface area contributed by atoms with Crippen molar-refractivity contribution in [2.24, 2.45) is 0 Å². The predicted octanol–water partition coefficient (Wildman–Crippen LogP) is 3.86. The second kappa shape index (κ2) is 11.4. The first-order chi connectivity index (χ1) is 18.2. The molecule has 0 saturated heterocycles. The second-order valence-corrected chi connectivity index (χ2v) is 9.67. The average Bonchev–Trinajstić information content (AvgIpc) is 3.25. The van der Waals surface area contributed by atoms with Crippen molar-refractivity contribution in [2.45, 2.75) is 26.3 Å². The molecule has 0 spiro atoms. The Morgan fingerprint density at radius 2 is 1.76 bits per heavy atom. The van der Waals surface area contributed by atoms with Gasteiger partial charge in [0.25, 0.3) is 0 Å². The Hall–Kier alpha value is -4.32. The van der Waals surface area contributed by atoms with E-state index in [0.717, 1.165) is 16.1 Å². The molecule has 0 fully saturated rings. The number of methoxy groups -OCH3 is 2. The summed E-state index contributed by atoms with van der Waals surface area (Å²) in [5.41, 5.74) is 4.12. The molecule has 0 radical (unpaired) electrons. The quantitative estimate of drug-likeness (QED) is 0.306. The number of rotatable bonds is 10. The fourth-order valence-electron chi connectivity index (χ4n) is 4.02. The molecule has 3 heterocycles. The van der Waals surface area contributed by atoms with Crippen molar-refractivity contribution in [3.05, 3.63) is 53.1 Å². The van der Waals surface area contributed by atoms with Crippen LogP contribution in [0.4, 0.5) is 11.8 Å². The molecule has 12 heteroatoms. The van der Waals surface area contributed by atoms with Crippen LogP contribution < -0.4 is 19.7 Å². The van der Waals surface area contributed by atoms with Crippen molar-refractivity contribution in [1.82, 2.24) is 24.3 Å². The van der Waals surface area contributed by atoms with Gasteiger partial charge in [0.1, 0.15) is 23.4 Å². The summed E-state index contributed by atoms with van der Waals surface area (Å²) in [6, 6.07) is 4.42. The summed E-state index contributed by atoms with van der Waals surface area (Å²) < 4.78 is 15.4. The van der Waals surface area contributed by atoms with Gasteiger partial charge >= 0.3 is 5.97 Å². The first-order valence-electron chi connectivity index (χ1n) is 11.7. The standard InChI is InChI=1S/C26H29N7O4S/c1-14-22(15(2)38-32-14)17-12-29-26(33(3)4)31-24(17)30-18(25(34)35)10-16-11-28-19(13-27-16)23-20(36-5)8-7-9-21(23)37-6/h7-9,11-13,18H,10H2,1-6H3,(H,34,35)(H,29,30,31). The van der Waals surface area contributed by atoms with E-state index in [0.29, 0.717) is 45.8 Å². The van der Waals surface area contributed by atoms with Gasteiger partial charge in [-0.3, -0.25) is 9.97 Å². The smallest absolute Gasteiger partial charge is 0.326 e. The summed E-state index contributed by atoms with van der Waals surface area (Å²) in [5, 5.41) is 13.2. The Morgan fingerprint density at radius 3 is 2.29 bits per heavy atom. The fourth-order valence-corrected chi connectivity index (χ4v) is 4.73. The Labute approximate surface area is 224 Å². The number of carboxylic acids is 1. The van der Waals surface area contributed by atoms with Gasteiger partial charge in [-0.05, 0) is 37.5 Å². The van der Waals surface area contributed by atoms with Crippen LogP contribution in [0.15, 0.2) is 36.8 Å². The minimum absolute atomic E-state index is 0.0757. The van der Waals surface area contributed by atoms with E-state index in [2.05, 4.69) is 29.6 Å². The van der Waals surface area contributed by atoms with Crippen LogP contribution >= 0.6 is 11.5 Å². The van der Waals surface area contributed by atoms with Crippen molar-refractivity contribution in [3.63, 3.8) is 0 Å². The van der Waals surface area contributed by atoms with Gasteiger partial charge in [-0.15, -0.1) is 0 Å². The zero-order valence-corrected chi connectivity index (χ0v) is 22.8. The lowest BCUT2D eigenvalue weighted by Gasteiger charge is -2.19. The maximum Gasteiger partial charge on any atom is 0.326 e. The Morgan fingerprint density at radius 1 is 1.05 bits per heavy atom. The highest BCUT2D eigenvalue weighted by molar-refractivity contribution is 7.06. The van der Waals surface area contributed by atoms with Gasteiger partial charge < -0.3 is 24.8 Å². The van der Waals surface area contributed by atoms with Crippen molar-refractivity contribution >= 4 is 29.3 Å². The van der Waals surface area contributed by atoms with Crippen LogP contribution in [0.25, 0.3) is 22.4 Å². The summed E-state index contributed by atoms with van der Waals surface area (Å²) in [7, 11) is 6.79. The normalized spacial score (nSPS) is 11.6. The Kier molecular flexibility index (Phi) is 8.01. The molecule has 198 valence electrons. The third-order valence-electron chi connectivity index (χ3n) is 5.89. The van der Waals surface area contributed by atoms with Gasteiger partial charge in [-0.25, -0.2) is 9.78 Å². The molecule has 3 aromatic heterocycles. The molecule has 11 nitrogen and oxygen atoms in total. The number of carboxylic acid groups (broad SMARTS) is 1. The van der Waals surface area contributed by atoms with Crippen LogP contribution in [0, 0.1) is 13.8 Å². The molecule has 0 aliphatic rings. The van der Waals surface area contributed by atoms with Crippen LogP contribution in [-0.2, 0) is 11.2 Å². The van der Waals surface area contributed by atoms with E-state index in [1.807, 2.05) is 46.1 Å². The van der Waals surface area contributed by atoms with E-state index >= 15 is 0 Å². The van der Waals surface area contributed by atoms with Crippen molar-refractivity contribution < 1.29 is 19.4 Å². The highest BCUT2D eigenvalue weighted by Crippen LogP contribution is 2.37. The van der Waals surface area contributed by atoms with Gasteiger partial charge in [-0.2, -0.15) is 9.36 Å². The molecule has 0 saturated carbocycles. The van der Waals surface area contributed by atoms with Gasteiger partial charge in [0.15, 0.2) is 0 Å². The minimum Gasteiger partial charge on any atom is -0.496 e.